The van der Waals surface area contributed by atoms with Crippen molar-refractivity contribution in [1.29, 1.82) is 0 Å². The minimum Gasteiger partial charge on any atom is -0.471 e. The first kappa shape index (κ1) is 15.8. The minimum absolute atomic E-state index is 0.00444. The van der Waals surface area contributed by atoms with E-state index < -0.39 is 0 Å². The number of carbonyl (C=O) groups is 1. The smallest absolute Gasteiger partial charge is 0.234 e. The molecule has 0 N–H and O–H groups in total. The second-order valence-electron chi connectivity index (χ2n) is 6.40. The fraction of sp³-hybridized carbons (Fsp3) is 0.588. The number of hydrogen-bond acceptors (Lipinski definition) is 5. The maximum atomic E-state index is 12.5. The van der Waals surface area contributed by atoms with Crippen LogP contribution in [0.4, 0.5) is 5.82 Å². The van der Waals surface area contributed by atoms with Crippen molar-refractivity contribution in [1.82, 2.24) is 14.9 Å². The van der Waals surface area contributed by atoms with Gasteiger partial charge in [-0.3, -0.25) is 9.78 Å². The molecule has 0 bridgehead atoms. The predicted octanol–water partition coefficient (Wildman–Crippen LogP) is 1.88. The molecule has 2 unspecified atom stereocenters. The van der Waals surface area contributed by atoms with Crippen molar-refractivity contribution in [3.8, 4) is 5.88 Å². The summed E-state index contributed by atoms with van der Waals surface area (Å²) in [6.07, 6.45) is 11.3. The van der Waals surface area contributed by atoms with Crippen molar-refractivity contribution < 1.29 is 9.53 Å². The van der Waals surface area contributed by atoms with Crippen molar-refractivity contribution >= 4 is 11.7 Å². The number of rotatable bonds is 4. The second-order valence-corrected chi connectivity index (χ2v) is 6.40. The van der Waals surface area contributed by atoms with Gasteiger partial charge >= 0.3 is 0 Å². The molecule has 0 radical (unpaired) electrons. The maximum absolute atomic E-state index is 12.5. The molecule has 23 heavy (non-hydrogen) atoms. The van der Waals surface area contributed by atoms with E-state index in [0.717, 1.165) is 38.0 Å². The van der Waals surface area contributed by atoms with Crippen LogP contribution in [0.25, 0.3) is 0 Å². The molecular formula is C17H24N4O2. The minimum atomic E-state index is 0.00444. The third-order valence-corrected chi connectivity index (χ3v) is 4.42. The van der Waals surface area contributed by atoms with Crippen molar-refractivity contribution in [3.05, 3.63) is 24.5 Å². The maximum Gasteiger partial charge on any atom is 0.234 e. The number of ether oxygens (including phenoxy) is 1. The molecule has 1 aliphatic heterocycles. The number of nitrogens with zero attached hydrogens (tertiary/aromatic N) is 4. The highest BCUT2D eigenvalue weighted by Crippen LogP contribution is 2.24. The average Bonchev–Trinajstić information content (AvgIpc) is 3.03. The summed E-state index contributed by atoms with van der Waals surface area (Å²) in [7, 11) is 3.84. The van der Waals surface area contributed by atoms with Gasteiger partial charge in [-0.15, -0.1) is 0 Å². The van der Waals surface area contributed by atoms with Crippen LogP contribution in [-0.2, 0) is 4.79 Å². The second kappa shape index (κ2) is 6.98. The average molecular weight is 316 g/mol. The van der Waals surface area contributed by atoms with E-state index in [2.05, 4.69) is 22.1 Å². The summed E-state index contributed by atoms with van der Waals surface area (Å²) in [6.45, 7) is 1.41. The first-order valence-corrected chi connectivity index (χ1v) is 8.23. The van der Waals surface area contributed by atoms with Crippen molar-refractivity contribution in [2.24, 2.45) is 5.92 Å². The molecule has 1 aromatic rings. The largest absolute Gasteiger partial charge is 0.471 e. The molecule has 0 aromatic carbocycles. The first-order valence-electron chi connectivity index (χ1n) is 8.23. The number of amides is 1. The summed E-state index contributed by atoms with van der Waals surface area (Å²) in [5, 5.41) is 0. The van der Waals surface area contributed by atoms with Crippen LogP contribution in [-0.4, -0.2) is 54.1 Å². The van der Waals surface area contributed by atoms with Gasteiger partial charge < -0.3 is 14.5 Å². The van der Waals surface area contributed by atoms with Crippen LogP contribution >= 0.6 is 0 Å². The summed E-state index contributed by atoms with van der Waals surface area (Å²) >= 11 is 0. The molecule has 1 saturated heterocycles. The monoisotopic (exact) mass is 316 g/mol. The lowest BCUT2D eigenvalue weighted by Gasteiger charge is -2.24. The molecular weight excluding hydrogens is 292 g/mol. The molecule has 124 valence electrons. The summed E-state index contributed by atoms with van der Waals surface area (Å²) < 4.78 is 5.93. The van der Waals surface area contributed by atoms with Crippen LogP contribution in [0.1, 0.15) is 25.7 Å². The fourth-order valence-corrected chi connectivity index (χ4v) is 3.08. The summed E-state index contributed by atoms with van der Waals surface area (Å²) in [5.74, 6) is 1.71. The SMILES string of the molecule is CN(C)c1cncc(OC2CCN(C(=O)C3CC=CCC3)C2)n1. The summed E-state index contributed by atoms with van der Waals surface area (Å²) in [6, 6.07) is 0. The molecule has 1 amide bonds. The zero-order chi connectivity index (χ0) is 16.2. The van der Waals surface area contributed by atoms with E-state index in [1.807, 2.05) is 23.9 Å². The third kappa shape index (κ3) is 3.81. The topological polar surface area (TPSA) is 58.6 Å². The van der Waals surface area contributed by atoms with Gasteiger partial charge in [-0.1, -0.05) is 12.2 Å². The summed E-state index contributed by atoms with van der Waals surface area (Å²) in [4.78, 5) is 25.0. The van der Waals surface area contributed by atoms with Gasteiger partial charge in [-0.25, -0.2) is 0 Å². The molecule has 1 aliphatic carbocycles. The molecule has 6 heteroatoms. The Kier molecular flexibility index (Phi) is 4.79. The van der Waals surface area contributed by atoms with Gasteiger partial charge in [0.25, 0.3) is 0 Å². The van der Waals surface area contributed by atoms with E-state index in [-0.39, 0.29) is 17.9 Å². The Morgan fingerprint density at radius 2 is 2.17 bits per heavy atom. The normalized spacial score (nSPS) is 23.8. The highest BCUT2D eigenvalue weighted by Gasteiger charge is 2.31. The zero-order valence-corrected chi connectivity index (χ0v) is 13.8. The quantitative estimate of drug-likeness (QED) is 0.794. The van der Waals surface area contributed by atoms with Crippen LogP contribution in [0.15, 0.2) is 24.5 Å². The number of likely N-dealkylation sites (tertiary alicyclic amines) is 1. The Hall–Kier alpha value is -2.11. The molecule has 3 rings (SSSR count). The number of anilines is 1. The van der Waals surface area contributed by atoms with E-state index >= 15 is 0 Å². The third-order valence-electron chi connectivity index (χ3n) is 4.42. The molecule has 2 heterocycles. The van der Waals surface area contributed by atoms with E-state index in [0.29, 0.717) is 12.4 Å². The van der Waals surface area contributed by atoms with E-state index in [9.17, 15) is 4.79 Å². The van der Waals surface area contributed by atoms with Crippen molar-refractivity contribution in [2.75, 3.05) is 32.1 Å². The van der Waals surface area contributed by atoms with Gasteiger partial charge in [0.2, 0.25) is 11.8 Å². The van der Waals surface area contributed by atoms with Crippen LogP contribution < -0.4 is 9.64 Å². The fourth-order valence-electron chi connectivity index (χ4n) is 3.08. The lowest BCUT2D eigenvalue weighted by atomic mass is 9.93. The highest BCUT2D eigenvalue weighted by molar-refractivity contribution is 5.79. The molecule has 2 aliphatic rings. The lowest BCUT2D eigenvalue weighted by molar-refractivity contribution is -0.135. The van der Waals surface area contributed by atoms with Crippen LogP contribution in [0, 0.1) is 5.92 Å². The molecule has 6 nitrogen and oxygen atoms in total. The van der Waals surface area contributed by atoms with E-state index in [4.69, 9.17) is 4.74 Å². The van der Waals surface area contributed by atoms with Crippen LogP contribution in [0.2, 0.25) is 0 Å². The van der Waals surface area contributed by atoms with Gasteiger partial charge in [-0.2, -0.15) is 4.98 Å². The lowest BCUT2D eigenvalue weighted by Crippen LogP contribution is -2.36. The van der Waals surface area contributed by atoms with E-state index in [1.54, 1.807) is 12.4 Å². The Morgan fingerprint density at radius 3 is 2.91 bits per heavy atom. The van der Waals surface area contributed by atoms with Gasteiger partial charge in [0, 0.05) is 33.0 Å². The number of allylic oxidation sites excluding steroid dienone is 2. The predicted molar refractivity (Wildman–Crippen MR) is 88.5 cm³/mol. The summed E-state index contributed by atoms with van der Waals surface area (Å²) in [5.41, 5.74) is 0. The van der Waals surface area contributed by atoms with Crippen molar-refractivity contribution in [3.63, 3.8) is 0 Å². The number of carbonyl (C=O) groups excluding carboxylic acids is 1. The zero-order valence-electron chi connectivity index (χ0n) is 13.8. The molecule has 0 saturated carbocycles. The highest BCUT2D eigenvalue weighted by atomic mass is 16.5. The van der Waals surface area contributed by atoms with E-state index in [1.165, 1.54) is 0 Å². The van der Waals surface area contributed by atoms with Gasteiger partial charge in [0.15, 0.2) is 5.82 Å². The number of hydrogen-bond donors (Lipinski definition) is 0. The van der Waals surface area contributed by atoms with Gasteiger partial charge in [0.05, 0.1) is 18.9 Å². The van der Waals surface area contributed by atoms with Crippen LogP contribution in [0.5, 0.6) is 5.88 Å². The van der Waals surface area contributed by atoms with Crippen LogP contribution in [0.3, 0.4) is 0 Å². The van der Waals surface area contributed by atoms with Gasteiger partial charge in [-0.05, 0) is 19.3 Å². The molecule has 1 aromatic heterocycles. The molecule has 2 atom stereocenters. The number of aromatic nitrogens is 2. The van der Waals surface area contributed by atoms with Gasteiger partial charge in [0.1, 0.15) is 6.10 Å². The Labute approximate surface area is 137 Å². The Bertz CT molecular complexity index is 588. The molecule has 0 spiro atoms. The Morgan fingerprint density at radius 1 is 1.30 bits per heavy atom. The first-order chi connectivity index (χ1) is 11.1. The van der Waals surface area contributed by atoms with Crippen molar-refractivity contribution in [2.45, 2.75) is 31.8 Å². The molecule has 1 fully saturated rings. The Balaban J connectivity index is 1.56. The standard InChI is InChI=1S/C17H24N4O2/c1-20(2)15-10-18-11-16(19-15)23-14-8-9-21(12-14)17(22)13-6-4-3-5-7-13/h3-4,10-11,13-14H,5-9,12H2,1-2H3.